The fraction of sp³-hybridized carbons (Fsp3) is 0.464. The van der Waals surface area contributed by atoms with Crippen LogP contribution in [0.25, 0.3) is 0 Å². The van der Waals surface area contributed by atoms with Crippen molar-refractivity contribution in [1.29, 1.82) is 0 Å². The van der Waals surface area contributed by atoms with E-state index in [1.807, 2.05) is 49.9 Å². The second-order valence-corrected chi connectivity index (χ2v) is 10.8. The minimum absolute atomic E-state index is 0.000897. The van der Waals surface area contributed by atoms with E-state index in [4.69, 9.17) is 0 Å². The Labute approximate surface area is 213 Å². The van der Waals surface area contributed by atoms with E-state index in [0.717, 1.165) is 38.0 Å². The Bertz CT molecular complexity index is 1080. The van der Waals surface area contributed by atoms with Crippen LogP contribution in [0.5, 0.6) is 0 Å². The first-order chi connectivity index (χ1) is 17.2. The number of piperazine rings is 1. The minimum Gasteiger partial charge on any atom is -0.347 e. The number of carbonyl (C=O) groups excluding carboxylic acids is 3. The predicted molar refractivity (Wildman–Crippen MR) is 141 cm³/mol. The summed E-state index contributed by atoms with van der Waals surface area (Å²) in [7, 11) is 0. The predicted octanol–water partition coefficient (Wildman–Crippen LogP) is 3.85. The number of hydrogen-bond donors (Lipinski definition) is 3. The lowest BCUT2D eigenvalue weighted by atomic mass is 9.93. The van der Waals surface area contributed by atoms with Crippen LogP contribution in [-0.2, 0) is 6.54 Å². The molecule has 2 aliphatic rings. The van der Waals surface area contributed by atoms with Gasteiger partial charge >= 0.3 is 6.03 Å². The van der Waals surface area contributed by atoms with Crippen molar-refractivity contribution in [2.45, 2.75) is 58.2 Å². The number of carbonyl (C=O) groups is 3. The van der Waals surface area contributed by atoms with Crippen LogP contribution in [0.4, 0.5) is 10.5 Å². The van der Waals surface area contributed by atoms with Crippen molar-refractivity contribution in [3.8, 4) is 0 Å². The third kappa shape index (κ3) is 7.07. The van der Waals surface area contributed by atoms with Gasteiger partial charge in [-0.1, -0.05) is 12.1 Å². The zero-order chi connectivity index (χ0) is 25.7. The molecule has 192 valence electrons. The summed E-state index contributed by atoms with van der Waals surface area (Å²) >= 11 is 0. The molecular formula is C28H37N5O3. The highest BCUT2D eigenvalue weighted by atomic mass is 16.2. The molecule has 0 atom stereocenters. The first-order valence-electron chi connectivity index (χ1n) is 12.8. The van der Waals surface area contributed by atoms with E-state index in [9.17, 15) is 14.4 Å². The fourth-order valence-corrected chi connectivity index (χ4v) is 4.37. The molecule has 0 unspecified atom stereocenters. The summed E-state index contributed by atoms with van der Waals surface area (Å²) in [5.74, 6) is -0.0686. The number of anilines is 1. The van der Waals surface area contributed by atoms with Crippen LogP contribution in [-0.4, -0.2) is 65.4 Å². The molecule has 1 aliphatic carbocycles. The average Bonchev–Trinajstić information content (AvgIpc) is 2.81. The highest BCUT2D eigenvalue weighted by molar-refractivity contribution is 5.96. The number of nitrogens with one attached hydrogen (secondary N) is 3. The molecule has 0 bridgehead atoms. The molecule has 8 heteroatoms. The Kier molecular flexibility index (Phi) is 7.94. The fourth-order valence-electron chi connectivity index (χ4n) is 4.37. The Balaban J connectivity index is 1.25. The van der Waals surface area contributed by atoms with E-state index >= 15 is 0 Å². The molecule has 0 aromatic heterocycles. The number of nitrogens with zero attached hydrogens (tertiary/aromatic N) is 2. The van der Waals surface area contributed by atoms with Crippen LogP contribution >= 0.6 is 0 Å². The summed E-state index contributed by atoms with van der Waals surface area (Å²) < 4.78 is 0. The van der Waals surface area contributed by atoms with Gasteiger partial charge in [-0.3, -0.25) is 14.5 Å². The van der Waals surface area contributed by atoms with Gasteiger partial charge in [0, 0.05) is 61.1 Å². The van der Waals surface area contributed by atoms with Gasteiger partial charge in [-0.25, -0.2) is 4.79 Å². The number of rotatable bonds is 6. The van der Waals surface area contributed by atoms with Crippen LogP contribution in [0.3, 0.4) is 0 Å². The van der Waals surface area contributed by atoms with E-state index in [-0.39, 0.29) is 29.4 Å². The molecular weight excluding hydrogens is 454 g/mol. The van der Waals surface area contributed by atoms with Gasteiger partial charge in [0.05, 0.1) is 0 Å². The zero-order valence-electron chi connectivity index (χ0n) is 21.5. The van der Waals surface area contributed by atoms with Gasteiger partial charge in [-0.05, 0) is 82.0 Å². The first kappa shape index (κ1) is 25.7. The summed E-state index contributed by atoms with van der Waals surface area (Å²) in [5.41, 5.74) is 2.75. The van der Waals surface area contributed by atoms with Crippen LogP contribution in [0, 0.1) is 0 Å². The molecule has 0 radical (unpaired) electrons. The van der Waals surface area contributed by atoms with Crippen LogP contribution < -0.4 is 16.0 Å². The summed E-state index contributed by atoms with van der Waals surface area (Å²) in [5, 5.41) is 8.78. The molecule has 4 rings (SSSR count). The lowest BCUT2D eigenvalue weighted by Gasteiger charge is -2.35. The van der Waals surface area contributed by atoms with Crippen LogP contribution in [0.15, 0.2) is 48.5 Å². The Hall–Kier alpha value is -3.39. The second kappa shape index (κ2) is 11.1. The molecule has 3 N–H and O–H groups in total. The molecule has 1 saturated carbocycles. The maximum atomic E-state index is 13.0. The van der Waals surface area contributed by atoms with Gasteiger partial charge < -0.3 is 20.9 Å². The van der Waals surface area contributed by atoms with Crippen molar-refractivity contribution in [2.75, 3.05) is 31.5 Å². The first-order valence-corrected chi connectivity index (χ1v) is 12.8. The molecule has 0 spiro atoms. The number of amides is 4. The largest absolute Gasteiger partial charge is 0.347 e. The van der Waals surface area contributed by atoms with Gasteiger partial charge in [-0.15, -0.1) is 0 Å². The molecule has 4 amide bonds. The van der Waals surface area contributed by atoms with Crippen LogP contribution in [0.2, 0.25) is 0 Å². The van der Waals surface area contributed by atoms with Gasteiger partial charge in [-0.2, -0.15) is 0 Å². The lowest BCUT2D eigenvalue weighted by Crippen LogP contribution is -2.48. The zero-order valence-corrected chi connectivity index (χ0v) is 21.5. The van der Waals surface area contributed by atoms with Crippen molar-refractivity contribution < 1.29 is 14.4 Å². The van der Waals surface area contributed by atoms with Crippen molar-refractivity contribution in [2.24, 2.45) is 0 Å². The van der Waals surface area contributed by atoms with E-state index < -0.39 is 0 Å². The normalized spacial score (nSPS) is 16.7. The van der Waals surface area contributed by atoms with Crippen molar-refractivity contribution in [1.82, 2.24) is 20.4 Å². The van der Waals surface area contributed by atoms with Gasteiger partial charge in [0.25, 0.3) is 11.8 Å². The highest BCUT2D eigenvalue weighted by Gasteiger charge is 2.23. The number of hydrogen-bond acceptors (Lipinski definition) is 4. The van der Waals surface area contributed by atoms with E-state index in [1.54, 1.807) is 24.3 Å². The molecule has 2 aromatic rings. The molecule has 1 heterocycles. The molecule has 36 heavy (non-hydrogen) atoms. The SMILES string of the molecule is CC(C)(C)NC(=O)c1cccc(CN2CCN(C(=O)c3ccc(NC(=O)NC4CCC4)cc3)CC2)c1. The van der Waals surface area contributed by atoms with E-state index in [2.05, 4.69) is 20.9 Å². The molecule has 2 fully saturated rings. The van der Waals surface area contributed by atoms with Gasteiger partial charge in [0.2, 0.25) is 0 Å². The average molecular weight is 492 g/mol. The quantitative estimate of drug-likeness (QED) is 0.572. The summed E-state index contributed by atoms with van der Waals surface area (Å²) in [6.07, 6.45) is 3.24. The summed E-state index contributed by atoms with van der Waals surface area (Å²) in [4.78, 5) is 41.7. The Morgan fingerprint density at radius 1 is 0.917 bits per heavy atom. The standard InChI is InChI=1S/C28H37N5O3/c1-28(2,3)31-25(34)22-7-4-6-20(18-22)19-32-14-16-33(17-15-32)26(35)21-10-12-24(13-11-21)30-27(36)29-23-8-5-9-23/h4,6-7,10-13,18,23H,5,8-9,14-17,19H2,1-3H3,(H,31,34)(H2,29,30,36). The molecule has 1 aliphatic heterocycles. The van der Waals surface area contributed by atoms with Crippen LogP contribution in [0.1, 0.15) is 66.3 Å². The number of benzene rings is 2. The van der Waals surface area contributed by atoms with Crippen molar-refractivity contribution in [3.63, 3.8) is 0 Å². The Morgan fingerprint density at radius 2 is 1.61 bits per heavy atom. The molecule has 8 nitrogen and oxygen atoms in total. The maximum absolute atomic E-state index is 13.0. The van der Waals surface area contributed by atoms with Crippen molar-refractivity contribution in [3.05, 3.63) is 65.2 Å². The highest BCUT2D eigenvalue weighted by Crippen LogP contribution is 2.19. The maximum Gasteiger partial charge on any atom is 0.319 e. The molecule has 2 aromatic carbocycles. The van der Waals surface area contributed by atoms with Gasteiger partial charge in [0.1, 0.15) is 0 Å². The Morgan fingerprint density at radius 3 is 2.22 bits per heavy atom. The summed E-state index contributed by atoms with van der Waals surface area (Å²) in [6, 6.07) is 14.9. The topological polar surface area (TPSA) is 93.8 Å². The molecule has 1 saturated heterocycles. The lowest BCUT2D eigenvalue weighted by molar-refractivity contribution is 0.0628. The third-order valence-corrected chi connectivity index (χ3v) is 6.57. The monoisotopic (exact) mass is 491 g/mol. The minimum atomic E-state index is -0.281. The third-order valence-electron chi connectivity index (χ3n) is 6.57. The number of urea groups is 1. The van der Waals surface area contributed by atoms with Gasteiger partial charge in [0.15, 0.2) is 0 Å². The summed E-state index contributed by atoms with van der Waals surface area (Å²) in [6.45, 7) is 9.47. The smallest absolute Gasteiger partial charge is 0.319 e. The van der Waals surface area contributed by atoms with E-state index in [0.29, 0.717) is 29.9 Å². The van der Waals surface area contributed by atoms with Crippen molar-refractivity contribution >= 4 is 23.5 Å². The van der Waals surface area contributed by atoms with E-state index in [1.165, 1.54) is 6.42 Å². The second-order valence-electron chi connectivity index (χ2n) is 10.8.